The quantitative estimate of drug-likeness (QED) is 0.824. The first-order chi connectivity index (χ1) is 9.83. The second-order valence-corrected chi connectivity index (χ2v) is 5.50. The third-order valence-corrected chi connectivity index (χ3v) is 3.95. The lowest BCUT2D eigenvalue weighted by Gasteiger charge is -2.25. The van der Waals surface area contributed by atoms with E-state index in [-0.39, 0.29) is 0 Å². The molecule has 0 amide bonds. The van der Waals surface area contributed by atoms with E-state index in [4.69, 9.17) is 5.73 Å². The second kappa shape index (κ2) is 5.95. The highest BCUT2D eigenvalue weighted by Gasteiger charge is 2.15. The number of aromatic nitrogens is 1. The molecule has 0 aliphatic heterocycles. The van der Waals surface area contributed by atoms with Gasteiger partial charge in [-0.2, -0.15) is 0 Å². The first-order valence-corrected chi connectivity index (χ1v) is 7.40. The zero-order chi connectivity index (χ0) is 13.8. The van der Waals surface area contributed by atoms with Gasteiger partial charge < -0.3 is 11.1 Å². The summed E-state index contributed by atoms with van der Waals surface area (Å²) in [4.78, 5) is 4.45. The zero-order valence-corrected chi connectivity index (χ0v) is 11.7. The third kappa shape index (κ3) is 2.93. The Morgan fingerprint density at radius 3 is 2.65 bits per heavy atom. The van der Waals surface area contributed by atoms with E-state index in [2.05, 4.69) is 16.4 Å². The summed E-state index contributed by atoms with van der Waals surface area (Å²) >= 11 is 0. The summed E-state index contributed by atoms with van der Waals surface area (Å²) in [6.45, 7) is 0. The van der Waals surface area contributed by atoms with E-state index >= 15 is 0 Å². The van der Waals surface area contributed by atoms with E-state index in [9.17, 15) is 0 Å². The standard InChI is InChI=1S/C17H21N3/c18-13-9-10-17(20-14-6-2-1-3-7-14)15(12-13)16-8-4-5-11-19-16/h4-5,8-12,14,20H,1-3,6-7,18H2. The van der Waals surface area contributed by atoms with Crippen LogP contribution in [0.2, 0.25) is 0 Å². The van der Waals surface area contributed by atoms with Crippen LogP contribution >= 0.6 is 0 Å². The summed E-state index contributed by atoms with van der Waals surface area (Å²) in [7, 11) is 0. The van der Waals surface area contributed by atoms with Gasteiger partial charge in [0.15, 0.2) is 0 Å². The first kappa shape index (κ1) is 13.0. The molecule has 1 saturated carbocycles. The molecule has 0 bridgehead atoms. The van der Waals surface area contributed by atoms with E-state index < -0.39 is 0 Å². The van der Waals surface area contributed by atoms with Crippen LogP contribution < -0.4 is 11.1 Å². The largest absolute Gasteiger partial charge is 0.399 e. The summed E-state index contributed by atoms with van der Waals surface area (Å²) < 4.78 is 0. The predicted molar refractivity (Wildman–Crippen MR) is 84.6 cm³/mol. The van der Waals surface area contributed by atoms with Crippen LogP contribution in [0.5, 0.6) is 0 Å². The van der Waals surface area contributed by atoms with Crippen molar-refractivity contribution in [2.45, 2.75) is 38.1 Å². The molecule has 0 saturated heterocycles. The SMILES string of the molecule is Nc1ccc(NC2CCCCC2)c(-c2ccccn2)c1. The molecule has 1 fully saturated rings. The second-order valence-electron chi connectivity index (χ2n) is 5.50. The molecular weight excluding hydrogens is 246 g/mol. The van der Waals surface area contributed by atoms with E-state index in [0.29, 0.717) is 6.04 Å². The monoisotopic (exact) mass is 267 g/mol. The van der Waals surface area contributed by atoms with Gasteiger partial charge in [0.1, 0.15) is 0 Å². The summed E-state index contributed by atoms with van der Waals surface area (Å²) in [5.41, 5.74) is 9.93. The summed E-state index contributed by atoms with van der Waals surface area (Å²) in [6, 6.07) is 12.6. The summed E-state index contributed by atoms with van der Waals surface area (Å²) in [6.07, 6.45) is 8.35. The number of rotatable bonds is 3. The Labute approximate surface area is 120 Å². The Morgan fingerprint density at radius 2 is 1.90 bits per heavy atom. The molecule has 3 rings (SSSR count). The molecule has 0 atom stereocenters. The topological polar surface area (TPSA) is 50.9 Å². The minimum atomic E-state index is 0.579. The van der Waals surface area contributed by atoms with Crippen molar-refractivity contribution in [1.82, 2.24) is 4.98 Å². The average molecular weight is 267 g/mol. The van der Waals surface area contributed by atoms with Gasteiger partial charge in [-0.25, -0.2) is 0 Å². The van der Waals surface area contributed by atoms with Gasteiger partial charge in [-0.05, 0) is 43.2 Å². The van der Waals surface area contributed by atoms with Gasteiger partial charge >= 0.3 is 0 Å². The highest BCUT2D eigenvalue weighted by Crippen LogP contribution is 2.31. The van der Waals surface area contributed by atoms with Crippen molar-refractivity contribution >= 4 is 11.4 Å². The average Bonchev–Trinajstić information content (AvgIpc) is 2.51. The fraction of sp³-hybridized carbons (Fsp3) is 0.353. The lowest BCUT2D eigenvalue weighted by molar-refractivity contribution is 0.463. The van der Waals surface area contributed by atoms with Crippen LogP contribution in [0.25, 0.3) is 11.3 Å². The van der Waals surface area contributed by atoms with Crippen molar-refractivity contribution in [1.29, 1.82) is 0 Å². The number of nitrogens with one attached hydrogen (secondary N) is 1. The molecule has 20 heavy (non-hydrogen) atoms. The van der Waals surface area contributed by atoms with Gasteiger partial charge in [-0.15, -0.1) is 0 Å². The van der Waals surface area contributed by atoms with E-state index in [1.807, 2.05) is 36.5 Å². The molecule has 3 nitrogen and oxygen atoms in total. The van der Waals surface area contributed by atoms with Crippen LogP contribution in [0, 0.1) is 0 Å². The number of pyridine rings is 1. The third-order valence-electron chi connectivity index (χ3n) is 3.95. The summed E-state index contributed by atoms with van der Waals surface area (Å²) in [5, 5.41) is 3.68. The maximum absolute atomic E-state index is 5.94. The Balaban J connectivity index is 1.90. The van der Waals surface area contributed by atoms with E-state index in [1.165, 1.54) is 32.1 Å². The molecule has 0 unspecified atom stereocenters. The van der Waals surface area contributed by atoms with Crippen molar-refractivity contribution < 1.29 is 0 Å². The molecule has 1 aromatic heterocycles. The number of benzene rings is 1. The van der Waals surface area contributed by atoms with Crippen molar-refractivity contribution in [3.8, 4) is 11.3 Å². The van der Waals surface area contributed by atoms with Crippen molar-refractivity contribution in [2.24, 2.45) is 0 Å². The number of anilines is 2. The number of nitrogens with two attached hydrogens (primary N) is 1. The lowest BCUT2D eigenvalue weighted by atomic mass is 9.95. The van der Waals surface area contributed by atoms with Crippen molar-refractivity contribution in [2.75, 3.05) is 11.1 Å². The smallest absolute Gasteiger partial charge is 0.0723 e. The highest BCUT2D eigenvalue weighted by atomic mass is 14.9. The Bertz CT molecular complexity index is 560. The number of nitrogen functional groups attached to an aromatic ring is 1. The number of hydrogen-bond donors (Lipinski definition) is 2. The fourth-order valence-corrected chi connectivity index (χ4v) is 2.89. The van der Waals surface area contributed by atoms with Crippen LogP contribution in [-0.4, -0.2) is 11.0 Å². The van der Waals surface area contributed by atoms with Crippen LogP contribution in [0.1, 0.15) is 32.1 Å². The van der Waals surface area contributed by atoms with E-state index in [1.54, 1.807) is 0 Å². The molecular formula is C17H21N3. The van der Waals surface area contributed by atoms with E-state index in [0.717, 1.165) is 22.6 Å². The Morgan fingerprint density at radius 1 is 1.05 bits per heavy atom. The molecule has 2 aromatic rings. The first-order valence-electron chi connectivity index (χ1n) is 7.40. The minimum absolute atomic E-state index is 0.579. The van der Waals surface area contributed by atoms with Gasteiger partial charge in [-0.3, -0.25) is 4.98 Å². The maximum atomic E-state index is 5.94. The highest BCUT2D eigenvalue weighted by molar-refractivity contribution is 5.78. The molecule has 1 aliphatic carbocycles. The van der Waals surface area contributed by atoms with Crippen LogP contribution in [0.3, 0.4) is 0 Å². The molecule has 0 spiro atoms. The van der Waals surface area contributed by atoms with Gasteiger partial charge in [0.2, 0.25) is 0 Å². The molecule has 3 heteroatoms. The molecule has 3 N–H and O–H groups in total. The lowest BCUT2D eigenvalue weighted by Crippen LogP contribution is -2.22. The Kier molecular flexibility index (Phi) is 3.86. The summed E-state index contributed by atoms with van der Waals surface area (Å²) in [5.74, 6) is 0. The fourth-order valence-electron chi connectivity index (χ4n) is 2.89. The minimum Gasteiger partial charge on any atom is -0.399 e. The Hall–Kier alpha value is -2.03. The van der Waals surface area contributed by atoms with Crippen LogP contribution in [0.4, 0.5) is 11.4 Å². The van der Waals surface area contributed by atoms with Gasteiger partial charge in [-0.1, -0.05) is 25.3 Å². The van der Waals surface area contributed by atoms with Crippen molar-refractivity contribution in [3.05, 3.63) is 42.6 Å². The maximum Gasteiger partial charge on any atom is 0.0723 e. The van der Waals surface area contributed by atoms with Gasteiger partial charge in [0.25, 0.3) is 0 Å². The van der Waals surface area contributed by atoms with Crippen LogP contribution in [0.15, 0.2) is 42.6 Å². The molecule has 1 heterocycles. The molecule has 104 valence electrons. The molecule has 0 radical (unpaired) electrons. The normalized spacial score (nSPS) is 16.0. The predicted octanol–water partition coefficient (Wildman–Crippen LogP) is 4.08. The zero-order valence-electron chi connectivity index (χ0n) is 11.7. The van der Waals surface area contributed by atoms with Gasteiger partial charge in [0, 0.05) is 29.2 Å². The van der Waals surface area contributed by atoms with Gasteiger partial charge in [0.05, 0.1) is 5.69 Å². The van der Waals surface area contributed by atoms with Crippen molar-refractivity contribution in [3.63, 3.8) is 0 Å². The number of nitrogens with zero attached hydrogens (tertiary/aromatic N) is 1. The molecule has 1 aromatic carbocycles. The molecule has 1 aliphatic rings. The van der Waals surface area contributed by atoms with Crippen LogP contribution in [-0.2, 0) is 0 Å². The number of hydrogen-bond acceptors (Lipinski definition) is 3.